The number of aromatic nitrogens is 2. The van der Waals surface area contributed by atoms with Crippen LogP contribution in [0.3, 0.4) is 0 Å². The molecule has 7 heteroatoms. The van der Waals surface area contributed by atoms with Crippen molar-refractivity contribution >= 4 is 46.5 Å². The fourth-order valence-electron chi connectivity index (χ4n) is 3.11. The molecular formula is C24H19ClN4O2. The van der Waals surface area contributed by atoms with Crippen LogP contribution in [0.1, 0.15) is 16.7 Å². The fourth-order valence-corrected chi connectivity index (χ4v) is 3.23. The van der Waals surface area contributed by atoms with Gasteiger partial charge in [-0.25, -0.2) is 0 Å². The van der Waals surface area contributed by atoms with Gasteiger partial charge in [0, 0.05) is 16.0 Å². The maximum absolute atomic E-state index is 8.17. The third-order valence-corrected chi connectivity index (χ3v) is 4.93. The SMILES string of the molecule is N=COC(=N)/C(=C/c1ccc(Cl)cc1)c1ccc(OCc2ccc3[nH]ncc3c2)cc1. The second-order valence-corrected chi connectivity index (χ2v) is 7.22. The third kappa shape index (κ3) is 4.99. The lowest BCUT2D eigenvalue weighted by Crippen LogP contribution is -2.05. The number of hydrogen-bond donors (Lipinski definition) is 3. The minimum absolute atomic E-state index is 0.118. The highest BCUT2D eigenvalue weighted by atomic mass is 35.5. The molecule has 0 amide bonds. The van der Waals surface area contributed by atoms with Crippen molar-refractivity contribution in [3.05, 3.63) is 94.6 Å². The van der Waals surface area contributed by atoms with E-state index in [1.807, 2.05) is 60.7 Å². The van der Waals surface area contributed by atoms with E-state index in [0.29, 0.717) is 23.0 Å². The minimum atomic E-state index is -0.118. The van der Waals surface area contributed by atoms with E-state index in [0.717, 1.165) is 34.0 Å². The fraction of sp³-hybridized carbons (Fsp3) is 0.0417. The average Bonchev–Trinajstić information content (AvgIpc) is 3.26. The molecule has 0 saturated heterocycles. The molecule has 3 aromatic carbocycles. The smallest absolute Gasteiger partial charge is 0.221 e. The highest BCUT2D eigenvalue weighted by Crippen LogP contribution is 2.24. The summed E-state index contributed by atoms with van der Waals surface area (Å²) in [5.41, 5.74) is 4.22. The Labute approximate surface area is 184 Å². The molecule has 3 N–H and O–H groups in total. The van der Waals surface area contributed by atoms with Gasteiger partial charge in [-0.15, -0.1) is 0 Å². The molecule has 31 heavy (non-hydrogen) atoms. The van der Waals surface area contributed by atoms with Crippen molar-refractivity contribution < 1.29 is 9.47 Å². The molecule has 0 fully saturated rings. The van der Waals surface area contributed by atoms with Crippen LogP contribution in [0.4, 0.5) is 0 Å². The molecule has 0 unspecified atom stereocenters. The second kappa shape index (κ2) is 9.28. The van der Waals surface area contributed by atoms with Crippen molar-refractivity contribution in [1.82, 2.24) is 10.2 Å². The van der Waals surface area contributed by atoms with Gasteiger partial charge in [-0.2, -0.15) is 5.10 Å². The molecule has 0 aliphatic rings. The highest BCUT2D eigenvalue weighted by molar-refractivity contribution is 6.30. The van der Waals surface area contributed by atoms with Gasteiger partial charge in [0.15, 0.2) is 6.40 Å². The predicted molar refractivity (Wildman–Crippen MR) is 124 cm³/mol. The number of halogens is 1. The van der Waals surface area contributed by atoms with E-state index in [9.17, 15) is 0 Å². The highest BCUT2D eigenvalue weighted by Gasteiger charge is 2.10. The van der Waals surface area contributed by atoms with Gasteiger partial charge in [0.1, 0.15) is 12.4 Å². The van der Waals surface area contributed by atoms with E-state index >= 15 is 0 Å². The summed E-state index contributed by atoms with van der Waals surface area (Å²) in [5.74, 6) is 0.591. The van der Waals surface area contributed by atoms with E-state index in [1.54, 1.807) is 18.3 Å². The number of benzene rings is 3. The second-order valence-electron chi connectivity index (χ2n) is 6.78. The monoisotopic (exact) mass is 430 g/mol. The summed E-state index contributed by atoms with van der Waals surface area (Å²) in [4.78, 5) is 0. The van der Waals surface area contributed by atoms with E-state index in [4.69, 9.17) is 31.9 Å². The number of fused-ring (bicyclic) bond motifs is 1. The van der Waals surface area contributed by atoms with E-state index < -0.39 is 0 Å². The normalized spacial score (nSPS) is 11.3. The Morgan fingerprint density at radius 2 is 1.81 bits per heavy atom. The molecule has 1 aromatic heterocycles. The van der Waals surface area contributed by atoms with Crippen LogP contribution in [0.5, 0.6) is 5.75 Å². The maximum atomic E-state index is 8.17. The number of nitrogens with one attached hydrogen (secondary N) is 3. The molecule has 0 bridgehead atoms. The predicted octanol–water partition coefficient (Wildman–Crippen LogP) is 5.94. The largest absolute Gasteiger partial charge is 0.489 e. The van der Waals surface area contributed by atoms with Gasteiger partial charge >= 0.3 is 0 Å². The zero-order valence-corrected chi connectivity index (χ0v) is 17.2. The number of aromatic amines is 1. The molecule has 154 valence electrons. The van der Waals surface area contributed by atoms with Gasteiger partial charge in [-0.1, -0.05) is 41.9 Å². The zero-order valence-electron chi connectivity index (χ0n) is 16.4. The lowest BCUT2D eigenvalue weighted by Gasteiger charge is -2.11. The Morgan fingerprint density at radius 3 is 2.55 bits per heavy atom. The summed E-state index contributed by atoms with van der Waals surface area (Å²) in [6.45, 7) is 0.431. The molecule has 0 radical (unpaired) electrons. The van der Waals surface area contributed by atoms with Crippen molar-refractivity contribution in [3.8, 4) is 5.75 Å². The molecule has 0 aliphatic heterocycles. The first-order valence-electron chi connectivity index (χ1n) is 9.49. The molecule has 4 aromatic rings. The molecule has 6 nitrogen and oxygen atoms in total. The maximum Gasteiger partial charge on any atom is 0.221 e. The summed E-state index contributed by atoms with van der Waals surface area (Å²) in [5, 5.41) is 24.0. The summed E-state index contributed by atoms with van der Waals surface area (Å²) in [6.07, 6.45) is 4.35. The zero-order chi connectivity index (χ0) is 21.6. The summed E-state index contributed by atoms with van der Waals surface area (Å²) in [6, 6.07) is 20.7. The van der Waals surface area contributed by atoms with Crippen molar-refractivity contribution in [2.45, 2.75) is 6.61 Å². The standard InChI is InChI=1S/C24H19ClN4O2/c25-20-6-1-16(2-7-20)12-22(24(27)31-15-26)18-4-8-21(9-5-18)30-14-17-3-10-23-19(11-17)13-28-29-23/h1-13,15,26-27H,14H2,(H,28,29)/b22-12+,26-15?,27-24?. The van der Waals surface area contributed by atoms with Crippen LogP contribution in [0.2, 0.25) is 5.02 Å². The molecular weight excluding hydrogens is 412 g/mol. The lowest BCUT2D eigenvalue weighted by atomic mass is 10.0. The van der Waals surface area contributed by atoms with E-state index in [1.165, 1.54) is 0 Å². The summed E-state index contributed by atoms with van der Waals surface area (Å²) in [7, 11) is 0. The van der Waals surface area contributed by atoms with Crippen LogP contribution in [0.25, 0.3) is 22.6 Å². The van der Waals surface area contributed by atoms with Crippen molar-refractivity contribution in [3.63, 3.8) is 0 Å². The summed E-state index contributed by atoms with van der Waals surface area (Å²) < 4.78 is 10.9. The van der Waals surface area contributed by atoms with Crippen molar-refractivity contribution in [2.24, 2.45) is 0 Å². The van der Waals surface area contributed by atoms with Crippen molar-refractivity contribution in [1.29, 1.82) is 10.8 Å². The average molecular weight is 431 g/mol. The van der Waals surface area contributed by atoms with Crippen LogP contribution in [-0.2, 0) is 11.3 Å². The molecule has 0 spiro atoms. The first-order valence-corrected chi connectivity index (χ1v) is 9.87. The first-order chi connectivity index (χ1) is 15.1. The Bertz CT molecular complexity index is 1240. The summed E-state index contributed by atoms with van der Waals surface area (Å²) >= 11 is 5.96. The molecule has 0 saturated carbocycles. The molecule has 0 atom stereocenters. The lowest BCUT2D eigenvalue weighted by molar-refractivity contribution is 0.306. The number of rotatable bonds is 7. The van der Waals surface area contributed by atoms with Gasteiger partial charge < -0.3 is 9.47 Å². The van der Waals surface area contributed by atoms with Gasteiger partial charge in [0.25, 0.3) is 0 Å². The van der Waals surface area contributed by atoms with Crippen molar-refractivity contribution in [2.75, 3.05) is 0 Å². The Morgan fingerprint density at radius 1 is 1.03 bits per heavy atom. The topological polar surface area (TPSA) is 94.8 Å². The Kier molecular flexibility index (Phi) is 6.10. The molecule has 1 heterocycles. The number of hydrogen-bond acceptors (Lipinski definition) is 5. The van der Waals surface area contributed by atoms with Crippen LogP contribution < -0.4 is 4.74 Å². The van der Waals surface area contributed by atoms with Crippen LogP contribution in [0, 0.1) is 10.8 Å². The van der Waals surface area contributed by atoms with Gasteiger partial charge in [-0.05, 0) is 59.2 Å². The quantitative estimate of drug-likeness (QED) is 0.192. The van der Waals surface area contributed by atoms with Crippen LogP contribution in [0.15, 0.2) is 72.9 Å². The number of nitrogens with zero attached hydrogens (tertiary/aromatic N) is 1. The van der Waals surface area contributed by atoms with Crippen LogP contribution >= 0.6 is 11.6 Å². The third-order valence-electron chi connectivity index (χ3n) is 4.68. The Hall–Kier alpha value is -3.90. The Balaban J connectivity index is 1.52. The molecule has 4 rings (SSSR count). The van der Waals surface area contributed by atoms with Gasteiger partial charge in [0.2, 0.25) is 5.90 Å². The van der Waals surface area contributed by atoms with Gasteiger partial charge in [0.05, 0.1) is 11.7 Å². The number of ether oxygens (including phenoxy) is 2. The van der Waals surface area contributed by atoms with E-state index in [-0.39, 0.29) is 5.90 Å². The van der Waals surface area contributed by atoms with Crippen LogP contribution in [-0.4, -0.2) is 22.5 Å². The molecule has 0 aliphatic carbocycles. The first kappa shape index (κ1) is 20.4. The van der Waals surface area contributed by atoms with E-state index in [2.05, 4.69) is 10.2 Å². The minimum Gasteiger partial charge on any atom is -0.489 e. The number of H-pyrrole nitrogens is 1. The van der Waals surface area contributed by atoms with Gasteiger partial charge in [-0.3, -0.25) is 15.9 Å².